The number of aromatic nitrogens is 2. The van der Waals surface area contributed by atoms with Crippen LogP contribution >= 0.6 is 0 Å². The van der Waals surface area contributed by atoms with E-state index in [9.17, 15) is 13.2 Å². The van der Waals surface area contributed by atoms with Crippen molar-refractivity contribution in [3.8, 4) is 0 Å². The lowest BCUT2D eigenvalue weighted by molar-refractivity contribution is 0.0276. The molecule has 0 atom stereocenters. The number of H-pyrrole nitrogens is 1. The Kier molecular flexibility index (Phi) is 5.26. The van der Waals surface area contributed by atoms with Crippen LogP contribution in [0.2, 0.25) is 0 Å². The van der Waals surface area contributed by atoms with Crippen molar-refractivity contribution < 1.29 is 22.7 Å². The van der Waals surface area contributed by atoms with Gasteiger partial charge in [0.2, 0.25) is 0 Å². The van der Waals surface area contributed by atoms with Gasteiger partial charge in [-0.3, -0.25) is 5.10 Å². The monoisotopic (exact) mass is 305 g/mol. The molecule has 0 aliphatic rings. The minimum absolute atomic E-state index is 0.0487. The molecule has 2 N–H and O–H groups in total. The summed E-state index contributed by atoms with van der Waals surface area (Å²) >= 11 is 0. The SMILES string of the molecule is CCOC(=O)c1cn[nH]c1S(=O)(=O)NCC(C)(C)OC. The molecular formula is C11H19N3O5S. The second-order valence-electron chi connectivity index (χ2n) is 4.62. The molecule has 0 saturated heterocycles. The highest BCUT2D eigenvalue weighted by atomic mass is 32.2. The summed E-state index contributed by atoms with van der Waals surface area (Å²) in [4.78, 5) is 11.6. The molecule has 1 heterocycles. The van der Waals surface area contributed by atoms with E-state index in [1.807, 2.05) is 0 Å². The summed E-state index contributed by atoms with van der Waals surface area (Å²) in [5.41, 5.74) is -0.799. The lowest BCUT2D eigenvalue weighted by Gasteiger charge is -2.22. The van der Waals surface area contributed by atoms with Gasteiger partial charge in [0.25, 0.3) is 10.0 Å². The second-order valence-corrected chi connectivity index (χ2v) is 6.33. The standard InChI is InChI=1S/C11H19N3O5S/c1-5-19-10(15)8-6-12-14-9(8)20(16,17)13-7-11(2,3)18-4/h6,13H,5,7H2,1-4H3,(H,12,14). The first kappa shape index (κ1) is 16.6. The molecule has 0 saturated carbocycles. The van der Waals surface area contributed by atoms with E-state index in [2.05, 4.69) is 14.9 Å². The lowest BCUT2D eigenvalue weighted by Crippen LogP contribution is -2.40. The van der Waals surface area contributed by atoms with Crippen LogP contribution in [0.15, 0.2) is 11.2 Å². The van der Waals surface area contributed by atoms with Crippen molar-refractivity contribution in [1.29, 1.82) is 0 Å². The number of methoxy groups -OCH3 is 1. The maximum absolute atomic E-state index is 12.1. The predicted octanol–water partition coefficient (Wildman–Crippen LogP) is 0.290. The summed E-state index contributed by atoms with van der Waals surface area (Å²) in [5.74, 6) is -0.743. The minimum Gasteiger partial charge on any atom is -0.462 e. The number of hydrogen-bond donors (Lipinski definition) is 2. The van der Waals surface area contributed by atoms with E-state index in [4.69, 9.17) is 9.47 Å². The number of rotatable bonds is 7. The number of ether oxygens (including phenoxy) is 2. The van der Waals surface area contributed by atoms with Crippen LogP contribution in [-0.4, -0.2) is 50.4 Å². The largest absolute Gasteiger partial charge is 0.462 e. The Morgan fingerprint density at radius 3 is 2.70 bits per heavy atom. The summed E-state index contributed by atoms with van der Waals surface area (Å²) < 4.78 is 36.5. The first-order chi connectivity index (χ1) is 9.23. The molecule has 114 valence electrons. The molecule has 0 spiro atoms. The Morgan fingerprint density at radius 2 is 2.15 bits per heavy atom. The van der Waals surface area contributed by atoms with E-state index in [1.54, 1.807) is 20.8 Å². The lowest BCUT2D eigenvalue weighted by atomic mass is 10.1. The van der Waals surface area contributed by atoms with Crippen molar-refractivity contribution >= 4 is 16.0 Å². The number of carbonyl (C=O) groups excluding carboxylic acids is 1. The molecular weight excluding hydrogens is 286 g/mol. The number of carbonyl (C=O) groups is 1. The van der Waals surface area contributed by atoms with Gasteiger partial charge >= 0.3 is 5.97 Å². The normalized spacial score (nSPS) is 12.4. The van der Waals surface area contributed by atoms with E-state index in [0.29, 0.717) is 0 Å². The van der Waals surface area contributed by atoms with Crippen molar-refractivity contribution in [2.45, 2.75) is 31.4 Å². The third kappa shape index (κ3) is 4.02. The highest BCUT2D eigenvalue weighted by Crippen LogP contribution is 2.14. The van der Waals surface area contributed by atoms with Crippen LogP contribution in [0.4, 0.5) is 0 Å². The van der Waals surface area contributed by atoms with Crippen LogP contribution in [0, 0.1) is 0 Å². The average molecular weight is 305 g/mol. The zero-order valence-corrected chi connectivity index (χ0v) is 12.7. The number of sulfonamides is 1. The van der Waals surface area contributed by atoms with Crippen molar-refractivity contribution in [2.75, 3.05) is 20.3 Å². The van der Waals surface area contributed by atoms with E-state index in [1.165, 1.54) is 7.11 Å². The van der Waals surface area contributed by atoms with Crippen molar-refractivity contribution in [3.05, 3.63) is 11.8 Å². The summed E-state index contributed by atoms with van der Waals surface area (Å²) in [5, 5.41) is 5.56. The quantitative estimate of drug-likeness (QED) is 0.701. The zero-order valence-electron chi connectivity index (χ0n) is 11.9. The molecule has 9 heteroatoms. The molecule has 1 rings (SSSR count). The molecule has 0 aliphatic carbocycles. The van der Waals surface area contributed by atoms with Crippen LogP contribution in [-0.2, 0) is 19.5 Å². The van der Waals surface area contributed by atoms with E-state index in [-0.39, 0.29) is 23.7 Å². The molecule has 1 aromatic heterocycles. The topological polar surface area (TPSA) is 110 Å². The molecule has 8 nitrogen and oxygen atoms in total. The van der Waals surface area contributed by atoms with E-state index < -0.39 is 21.6 Å². The van der Waals surface area contributed by atoms with E-state index >= 15 is 0 Å². The highest BCUT2D eigenvalue weighted by Gasteiger charge is 2.28. The Bertz CT molecular complexity index is 564. The molecule has 0 amide bonds. The van der Waals surface area contributed by atoms with Crippen molar-refractivity contribution in [3.63, 3.8) is 0 Å². The zero-order chi connectivity index (χ0) is 15.4. The van der Waals surface area contributed by atoms with Crippen LogP contribution in [0.1, 0.15) is 31.1 Å². The Labute approximate surface area is 117 Å². The fourth-order valence-corrected chi connectivity index (χ4v) is 2.53. The smallest absolute Gasteiger partial charge is 0.342 e. The van der Waals surface area contributed by atoms with Gasteiger partial charge in [-0.1, -0.05) is 0 Å². The van der Waals surface area contributed by atoms with Gasteiger partial charge in [-0.05, 0) is 20.8 Å². The molecule has 0 unspecified atom stereocenters. The van der Waals surface area contributed by atoms with Crippen LogP contribution in [0.5, 0.6) is 0 Å². The fourth-order valence-electron chi connectivity index (χ4n) is 1.25. The van der Waals surface area contributed by atoms with Gasteiger partial charge in [0.15, 0.2) is 5.03 Å². The molecule has 0 aliphatic heterocycles. The average Bonchev–Trinajstić information content (AvgIpc) is 2.87. The third-order valence-electron chi connectivity index (χ3n) is 2.61. The first-order valence-electron chi connectivity index (χ1n) is 5.99. The Balaban J connectivity index is 2.94. The molecule has 0 bridgehead atoms. The Hall–Kier alpha value is -1.45. The van der Waals surface area contributed by atoms with Gasteiger partial charge in [-0.15, -0.1) is 0 Å². The summed E-state index contributed by atoms with van der Waals surface area (Å²) in [6, 6.07) is 0. The van der Waals surface area contributed by atoms with Crippen LogP contribution in [0.25, 0.3) is 0 Å². The second kappa shape index (κ2) is 6.33. The van der Waals surface area contributed by atoms with Gasteiger partial charge in [0.1, 0.15) is 5.56 Å². The third-order valence-corrected chi connectivity index (χ3v) is 3.98. The van der Waals surface area contributed by atoms with Crippen LogP contribution in [0.3, 0.4) is 0 Å². The molecule has 1 aromatic rings. The van der Waals surface area contributed by atoms with Gasteiger partial charge in [0, 0.05) is 13.7 Å². The predicted molar refractivity (Wildman–Crippen MR) is 70.8 cm³/mol. The number of nitrogens with zero attached hydrogens (tertiary/aromatic N) is 1. The van der Waals surface area contributed by atoms with Gasteiger partial charge in [0.05, 0.1) is 18.4 Å². The molecule has 0 fully saturated rings. The maximum atomic E-state index is 12.1. The number of nitrogens with one attached hydrogen (secondary N) is 2. The van der Waals surface area contributed by atoms with Crippen LogP contribution < -0.4 is 4.72 Å². The first-order valence-corrected chi connectivity index (χ1v) is 7.47. The summed E-state index contributed by atoms with van der Waals surface area (Å²) in [6.45, 7) is 5.29. The summed E-state index contributed by atoms with van der Waals surface area (Å²) in [7, 11) is -2.42. The summed E-state index contributed by atoms with van der Waals surface area (Å²) in [6.07, 6.45) is 1.12. The maximum Gasteiger partial charge on any atom is 0.342 e. The number of hydrogen-bond acceptors (Lipinski definition) is 6. The number of aromatic amines is 1. The van der Waals surface area contributed by atoms with Gasteiger partial charge in [-0.25, -0.2) is 17.9 Å². The highest BCUT2D eigenvalue weighted by molar-refractivity contribution is 7.89. The van der Waals surface area contributed by atoms with Gasteiger partial charge < -0.3 is 9.47 Å². The van der Waals surface area contributed by atoms with E-state index in [0.717, 1.165) is 6.20 Å². The van der Waals surface area contributed by atoms with Crippen molar-refractivity contribution in [2.24, 2.45) is 0 Å². The van der Waals surface area contributed by atoms with Gasteiger partial charge in [-0.2, -0.15) is 5.10 Å². The molecule has 0 radical (unpaired) electrons. The molecule has 20 heavy (non-hydrogen) atoms. The minimum atomic E-state index is -3.90. The Morgan fingerprint density at radius 1 is 1.50 bits per heavy atom. The van der Waals surface area contributed by atoms with Crippen molar-refractivity contribution in [1.82, 2.24) is 14.9 Å². The number of esters is 1. The molecule has 0 aromatic carbocycles. The fraction of sp³-hybridized carbons (Fsp3) is 0.636.